The van der Waals surface area contributed by atoms with Crippen LogP contribution in [0.25, 0.3) is 0 Å². The number of benzene rings is 1. The van der Waals surface area contributed by atoms with Crippen molar-refractivity contribution in [3.05, 3.63) is 51.0 Å². The van der Waals surface area contributed by atoms with E-state index in [1.165, 1.54) is 0 Å². The monoisotopic (exact) mass is 282 g/mol. The molecule has 0 aliphatic carbocycles. The van der Waals surface area contributed by atoms with Gasteiger partial charge < -0.3 is 5.32 Å². The normalized spacial score (nSPS) is 12.7. The summed E-state index contributed by atoms with van der Waals surface area (Å²) >= 11 is 1.57. The third-order valence-corrected chi connectivity index (χ3v) is 3.90. The molecule has 1 atom stereocenters. The molecule has 0 fully saturated rings. The number of hydrogen-bond donors (Lipinski definition) is 1. The molecule has 2 nitrogen and oxygen atoms in total. The molecule has 1 unspecified atom stereocenters. The maximum atomic E-state index is 13.9. The zero-order valence-corrected chi connectivity index (χ0v) is 11.9. The quantitative estimate of drug-likeness (QED) is 0.927. The van der Waals surface area contributed by atoms with E-state index in [1.807, 2.05) is 12.3 Å². The van der Waals surface area contributed by atoms with Gasteiger partial charge in [-0.15, -0.1) is 11.3 Å². The SMILES string of the molecule is CNC(Cc1csc(C)n1)c1cc(C)c(F)cc1F. The summed E-state index contributed by atoms with van der Waals surface area (Å²) in [7, 11) is 1.77. The van der Waals surface area contributed by atoms with Crippen molar-refractivity contribution >= 4 is 11.3 Å². The van der Waals surface area contributed by atoms with Crippen LogP contribution in [0.1, 0.15) is 27.9 Å². The highest BCUT2D eigenvalue weighted by Gasteiger charge is 2.17. The molecule has 0 aliphatic rings. The van der Waals surface area contributed by atoms with Gasteiger partial charge in [0, 0.05) is 29.5 Å². The maximum Gasteiger partial charge on any atom is 0.130 e. The minimum atomic E-state index is -0.519. The van der Waals surface area contributed by atoms with Crippen LogP contribution in [0, 0.1) is 25.5 Å². The zero-order chi connectivity index (χ0) is 14.0. The Morgan fingerprint density at radius 1 is 1.26 bits per heavy atom. The summed E-state index contributed by atoms with van der Waals surface area (Å²) in [4.78, 5) is 4.38. The first-order chi connectivity index (χ1) is 9.01. The first kappa shape index (κ1) is 14.1. The number of nitrogens with zero attached hydrogens (tertiary/aromatic N) is 1. The van der Waals surface area contributed by atoms with Gasteiger partial charge >= 0.3 is 0 Å². The van der Waals surface area contributed by atoms with E-state index in [9.17, 15) is 8.78 Å². The Morgan fingerprint density at radius 3 is 2.58 bits per heavy atom. The molecule has 2 rings (SSSR count). The van der Waals surface area contributed by atoms with E-state index in [-0.39, 0.29) is 6.04 Å². The lowest BCUT2D eigenvalue weighted by Crippen LogP contribution is -2.20. The van der Waals surface area contributed by atoms with E-state index >= 15 is 0 Å². The highest BCUT2D eigenvalue weighted by Crippen LogP contribution is 2.24. The Labute approximate surface area is 115 Å². The van der Waals surface area contributed by atoms with Gasteiger partial charge in [-0.05, 0) is 32.5 Å². The van der Waals surface area contributed by atoms with Crippen molar-refractivity contribution in [3.63, 3.8) is 0 Å². The number of thiazole rings is 1. The highest BCUT2D eigenvalue weighted by atomic mass is 32.1. The van der Waals surface area contributed by atoms with Crippen molar-refractivity contribution in [1.82, 2.24) is 10.3 Å². The Kier molecular flexibility index (Phi) is 4.27. The molecule has 1 aromatic heterocycles. The van der Waals surface area contributed by atoms with Crippen molar-refractivity contribution in [2.75, 3.05) is 7.05 Å². The van der Waals surface area contributed by atoms with Gasteiger partial charge in [0.2, 0.25) is 0 Å². The predicted molar refractivity (Wildman–Crippen MR) is 73.5 cm³/mol. The van der Waals surface area contributed by atoms with Crippen LogP contribution in [0.5, 0.6) is 0 Å². The number of halogens is 2. The van der Waals surface area contributed by atoms with E-state index in [2.05, 4.69) is 10.3 Å². The van der Waals surface area contributed by atoms with E-state index < -0.39 is 11.6 Å². The van der Waals surface area contributed by atoms with Gasteiger partial charge in [-0.3, -0.25) is 0 Å². The minimum absolute atomic E-state index is 0.208. The number of hydrogen-bond acceptors (Lipinski definition) is 3. The smallest absolute Gasteiger partial charge is 0.130 e. The van der Waals surface area contributed by atoms with Gasteiger partial charge in [0.1, 0.15) is 11.6 Å². The lowest BCUT2D eigenvalue weighted by Gasteiger charge is -2.17. The van der Waals surface area contributed by atoms with Crippen LogP contribution in [0.4, 0.5) is 8.78 Å². The van der Waals surface area contributed by atoms with E-state index in [4.69, 9.17) is 0 Å². The summed E-state index contributed by atoms with van der Waals surface area (Å²) in [6.07, 6.45) is 0.586. The highest BCUT2D eigenvalue weighted by molar-refractivity contribution is 7.09. The molecule has 0 spiro atoms. The van der Waals surface area contributed by atoms with E-state index in [0.717, 1.165) is 16.8 Å². The number of aromatic nitrogens is 1. The molecule has 102 valence electrons. The fourth-order valence-electron chi connectivity index (χ4n) is 2.03. The third kappa shape index (κ3) is 3.16. The molecule has 1 heterocycles. The molecule has 2 aromatic rings. The number of likely N-dealkylation sites (N-methyl/N-ethyl adjacent to an activating group) is 1. The summed E-state index contributed by atoms with van der Waals surface area (Å²) in [6, 6.07) is 2.30. The number of rotatable bonds is 4. The molecule has 0 saturated heterocycles. The van der Waals surface area contributed by atoms with Gasteiger partial charge in [0.05, 0.1) is 10.7 Å². The third-order valence-electron chi connectivity index (χ3n) is 3.08. The number of aryl methyl sites for hydroxylation is 2. The topological polar surface area (TPSA) is 24.9 Å². The van der Waals surface area contributed by atoms with Crippen molar-refractivity contribution in [3.8, 4) is 0 Å². The van der Waals surface area contributed by atoms with Crippen molar-refractivity contribution in [2.45, 2.75) is 26.3 Å². The van der Waals surface area contributed by atoms with Crippen molar-refractivity contribution < 1.29 is 8.78 Å². The average molecular weight is 282 g/mol. The lowest BCUT2D eigenvalue weighted by atomic mass is 9.99. The molecule has 19 heavy (non-hydrogen) atoms. The van der Waals surface area contributed by atoms with Gasteiger partial charge in [-0.1, -0.05) is 0 Å². The molecular formula is C14H16F2N2S. The summed E-state index contributed by atoms with van der Waals surface area (Å²) in [5, 5.41) is 6.02. The second-order valence-corrected chi connectivity index (χ2v) is 5.59. The van der Waals surface area contributed by atoms with Crippen LogP contribution in [-0.4, -0.2) is 12.0 Å². The fraction of sp³-hybridized carbons (Fsp3) is 0.357. The Morgan fingerprint density at radius 2 is 2.00 bits per heavy atom. The van der Waals surface area contributed by atoms with Crippen LogP contribution in [0.3, 0.4) is 0 Å². The van der Waals surface area contributed by atoms with Gasteiger partial charge in [-0.2, -0.15) is 0 Å². The van der Waals surface area contributed by atoms with Crippen molar-refractivity contribution in [2.24, 2.45) is 0 Å². The molecule has 0 saturated carbocycles. The zero-order valence-electron chi connectivity index (χ0n) is 11.1. The molecule has 0 amide bonds. The molecule has 1 aromatic carbocycles. The largest absolute Gasteiger partial charge is 0.313 e. The lowest BCUT2D eigenvalue weighted by molar-refractivity contribution is 0.516. The Bertz CT molecular complexity index is 581. The minimum Gasteiger partial charge on any atom is -0.313 e. The Hall–Kier alpha value is -1.33. The Balaban J connectivity index is 2.29. The molecule has 0 bridgehead atoms. The van der Waals surface area contributed by atoms with Crippen molar-refractivity contribution in [1.29, 1.82) is 0 Å². The van der Waals surface area contributed by atoms with Gasteiger partial charge in [0.15, 0.2) is 0 Å². The molecule has 1 N–H and O–H groups in total. The first-order valence-electron chi connectivity index (χ1n) is 6.05. The van der Waals surface area contributed by atoms with Crippen LogP contribution in [-0.2, 0) is 6.42 Å². The fourth-order valence-corrected chi connectivity index (χ4v) is 2.65. The summed E-state index contributed by atoms with van der Waals surface area (Å²) in [6.45, 7) is 3.57. The van der Waals surface area contributed by atoms with Gasteiger partial charge in [-0.25, -0.2) is 13.8 Å². The summed E-state index contributed by atoms with van der Waals surface area (Å²) in [5.74, 6) is -1.03. The van der Waals surface area contributed by atoms with E-state index in [1.54, 1.807) is 31.4 Å². The van der Waals surface area contributed by atoms with Crippen LogP contribution in [0.2, 0.25) is 0 Å². The maximum absolute atomic E-state index is 13.9. The second-order valence-electron chi connectivity index (χ2n) is 4.53. The average Bonchev–Trinajstić information content (AvgIpc) is 2.77. The second kappa shape index (κ2) is 5.75. The van der Waals surface area contributed by atoms with Crippen LogP contribution < -0.4 is 5.32 Å². The standard InChI is InChI=1S/C14H16F2N2S/c1-8-4-11(13(16)6-12(8)15)14(17-3)5-10-7-19-9(2)18-10/h4,6-7,14,17H,5H2,1-3H3. The van der Waals surface area contributed by atoms with Crippen LogP contribution in [0.15, 0.2) is 17.5 Å². The summed E-state index contributed by atoms with van der Waals surface area (Å²) in [5.41, 5.74) is 1.85. The first-order valence-corrected chi connectivity index (χ1v) is 6.93. The van der Waals surface area contributed by atoms with E-state index in [0.29, 0.717) is 17.5 Å². The molecular weight excluding hydrogens is 266 g/mol. The predicted octanol–water partition coefficient (Wildman–Crippen LogP) is 3.54. The molecule has 0 radical (unpaired) electrons. The molecule has 0 aliphatic heterocycles. The van der Waals surface area contributed by atoms with Gasteiger partial charge in [0.25, 0.3) is 0 Å². The van der Waals surface area contributed by atoms with Crippen LogP contribution >= 0.6 is 11.3 Å². The molecule has 5 heteroatoms. The summed E-state index contributed by atoms with van der Waals surface area (Å²) < 4.78 is 27.2. The number of nitrogens with one attached hydrogen (secondary N) is 1.